The molecule has 0 aliphatic carbocycles. The maximum absolute atomic E-state index is 6.76. The first-order chi connectivity index (χ1) is 12.7. The third-order valence-electron chi connectivity index (χ3n) is 4.34. The van der Waals surface area contributed by atoms with E-state index in [1.807, 2.05) is 44.4 Å². The number of benzene rings is 2. The van der Waals surface area contributed by atoms with E-state index in [-0.39, 0.29) is 0 Å². The molecule has 0 spiro atoms. The highest BCUT2D eigenvalue weighted by molar-refractivity contribution is 6.38. The number of aryl methyl sites for hydroxylation is 1. The molecule has 26 heavy (non-hydrogen) atoms. The summed E-state index contributed by atoms with van der Waals surface area (Å²) in [5, 5.41) is 17.9. The molecule has 1 N–H and O–H groups in total. The molecule has 0 amide bonds. The number of aromatic nitrogens is 4. The molecule has 5 nitrogen and oxygen atoms in total. The van der Waals surface area contributed by atoms with Crippen LogP contribution in [0.25, 0.3) is 33.5 Å². The lowest BCUT2D eigenvalue weighted by atomic mass is 10.1. The quantitative estimate of drug-likeness (QED) is 0.593. The van der Waals surface area contributed by atoms with Gasteiger partial charge in [-0.2, -0.15) is 5.10 Å². The number of halogens is 1. The fourth-order valence-corrected chi connectivity index (χ4v) is 3.38. The van der Waals surface area contributed by atoms with Gasteiger partial charge in [0.15, 0.2) is 5.65 Å². The topological polar surface area (TPSA) is 55.6 Å². The summed E-state index contributed by atoms with van der Waals surface area (Å²) in [7, 11) is 3.79. The number of nitrogens with zero attached hydrogens (tertiary/aromatic N) is 4. The van der Waals surface area contributed by atoms with Crippen molar-refractivity contribution in [1.82, 2.24) is 25.3 Å². The Hall–Kier alpha value is -2.76. The maximum Gasteiger partial charge on any atom is 0.182 e. The van der Waals surface area contributed by atoms with Gasteiger partial charge in [0.05, 0.1) is 10.4 Å². The summed E-state index contributed by atoms with van der Waals surface area (Å²) in [6.07, 6.45) is 0. The second kappa shape index (κ2) is 6.86. The molecule has 4 rings (SSSR count). The van der Waals surface area contributed by atoms with Gasteiger partial charge in [-0.3, -0.25) is 0 Å². The number of hydrogen-bond acceptors (Lipinski definition) is 4. The normalized spacial score (nSPS) is 11.2. The van der Waals surface area contributed by atoms with Crippen LogP contribution in [-0.4, -0.2) is 27.0 Å². The maximum atomic E-state index is 6.76. The molecule has 0 bridgehead atoms. The summed E-state index contributed by atoms with van der Waals surface area (Å²) < 4.78 is 1.72. The molecule has 0 saturated heterocycles. The van der Waals surface area contributed by atoms with Crippen LogP contribution in [0.3, 0.4) is 0 Å². The summed E-state index contributed by atoms with van der Waals surface area (Å²) >= 11 is 6.76. The van der Waals surface area contributed by atoms with Crippen molar-refractivity contribution in [3.63, 3.8) is 0 Å². The number of rotatable bonds is 4. The minimum Gasteiger partial charge on any atom is -0.316 e. The van der Waals surface area contributed by atoms with Gasteiger partial charge in [0.2, 0.25) is 0 Å². The first-order valence-corrected chi connectivity index (χ1v) is 8.75. The Kier molecular flexibility index (Phi) is 4.41. The van der Waals surface area contributed by atoms with E-state index < -0.39 is 0 Å². The van der Waals surface area contributed by atoms with Crippen LogP contribution in [0.4, 0.5) is 0 Å². The van der Waals surface area contributed by atoms with Crippen molar-refractivity contribution in [2.45, 2.75) is 6.54 Å². The predicted octanol–water partition coefficient (Wildman–Crippen LogP) is 4.07. The zero-order valence-electron chi connectivity index (χ0n) is 14.6. The van der Waals surface area contributed by atoms with Crippen molar-refractivity contribution in [3.8, 4) is 22.5 Å². The average Bonchev–Trinajstić information content (AvgIpc) is 3.01. The molecule has 2 heterocycles. The molecule has 6 heteroatoms. The van der Waals surface area contributed by atoms with Crippen LogP contribution >= 0.6 is 11.6 Å². The first-order valence-electron chi connectivity index (χ1n) is 8.37. The lowest BCUT2D eigenvalue weighted by Gasteiger charge is -2.05. The van der Waals surface area contributed by atoms with E-state index in [4.69, 9.17) is 11.6 Å². The van der Waals surface area contributed by atoms with Gasteiger partial charge in [0.25, 0.3) is 0 Å². The van der Waals surface area contributed by atoms with Crippen molar-refractivity contribution >= 4 is 22.6 Å². The minimum absolute atomic E-state index is 0.573. The number of hydrogen-bond donors (Lipinski definition) is 1. The van der Waals surface area contributed by atoms with Crippen molar-refractivity contribution in [1.29, 1.82) is 0 Å². The Morgan fingerprint density at radius 1 is 0.923 bits per heavy atom. The molecule has 0 saturated carbocycles. The summed E-state index contributed by atoms with van der Waals surface area (Å²) in [5.74, 6) is 0. The Bertz CT molecular complexity index is 1060. The third-order valence-corrected chi connectivity index (χ3v) is 4.71. The van der Waals surface area contributed by atoms with Crippen molar-refractivity contribution < 1.29 is 0 Å². The van der Waals surface area contributed by atoms with Crippen LogP contribution in [0.5, 0.6) is 0 Å². The van der Waals surface area contributed by atoms with E-state index in [2.05, 4.69) is 44.9 Å². The lowest BCUT2D eigenvalue weighted by molar-refractivity contribution is 0.781. The molecular formula is C20H18ClN5. The van der Waals surface area contributed by atoms with Crippen molar-refractivity contribution in [3.05, 3.63) is 65.2 Å². The zero-order chi connectivity index (χ0) is 18.1. The molecule has 0 radical (unpaired) electrons. The fraction of sp³-hybridized carbons (Fsp3) is 0.150. The van der Waals surface area contributed by atoms with Gasteiger partial charge in [-0.1, -0.05) is 66.2 Å². The average molecular weight is 364 g/mol. The van der Waals surface area contributed by atoms with Gasteiger partial charge in [-0.15, -0.1) is 10.2 Å². The SMILES string of the molecule is CNCc1ccc(-c2nn(C)c3nnc(-c4ccccc4)c(Cl)c23)cc1. The predicted molar refractivity (Wildman–Crippen MR) is 105 cm³/mol. The van der Waals surface area contributed by atoms with Crippen LogP contribution in [0.15, 0.2) is 54.6 Å². The van der Waals surface area contributed by atoms with Crippen molar-refractivity contribution in [2.75, 3.05) is 7.05 Å². The van der Waals surface area contributed by atoms with Gasteiger partial charge in [-0.25, -0.2) is 4.68 Å². The Morgan fingerprint density at radius 3 is 2.31 bits per heavy atom. The van der Waals surface area contributed by atoms with E-state index in [9.17, 15) is 0 Å². The van der Waals surface area contributed by atoms with Crippen LogP contribution in [-0.2, 0) is 13.6 Å². The smallest absolute Gasteiger partial charge is 0.182 e. The number of nitrogens with one attached hydrogen (secondary N) is 1. The van der Waals surface area contributed by atoms with Crippen LogP contribution in [0.2, 0.25) is 5.02 Å². The highest BCUT2D eigenvalue weighted by Gasteiger charge is 2.19. The molecule has 2 aromatic carbocycles. The molecular weight excluding hydrogens is 346 g/mol. The van der Waals surface area contributed by atoms with E-state index >= 15 is 0 Å². The van der Waals surface area contributed by atoms with Crippen LogP contribution in [0.1, 0.15) is 5.56 Å². The fourth-order valence-electron chi connectivity index (χ4n) is 3.06. The van der Waals surface area contributed by atoms with Gasteiger partial charge in [-0.05, 0) is 12.6 Å². The Labute approximate surface area is 156 Å². The summed E-state index contributed by atoms with van der Waals surface area (Å²) in [4.78, 5) is 0. The van der Waals surface area contributed by atoms with Crippen LogP contribution in [0, 0.1) is 0 Å². The molecule has 4 aromatic rings. The molecule has 0 aliphatic heterocycles. The third kappa shape index (κ3) is 2.85. The highest BCUT2D eigenvalue weighted by atomic mass is 35.5. The second-order valence-electron chi connectivity index (χ2n) is 6.13. The Morgan fingerprint density at radius 2 is 1.62 bits per heavy atom. The Balaban J connectivity index is 1.90. The largest absolute Gasteiger partial charge is 0.316 e. The van der Waals surface area contributed by atoms with Gasteiger partial charge >= 0.3 is 0 Å². The van der Waals surface area contributed by atoms with Gasteiger partial charge in [0, 0.05) is 24.7 Å². The zero-order valence-corrected chi connectivity index (χ0v) is 15.3. The van der Waals surface area contributed by atoms with Crippen LogP contribution < -0.4 is 5.32 Å². The van der Waals surface area contributed by atoms with E-state index in [1.54, 1.807) is 4.68 Å². The molecule has 2 aromatic heterocycles. The molecule has 0 unspecified atom stereocenters. The van der Waals surface area contributed by atoms with Gasteiger partial charge in [0.1, 0.15) is 11.4 Å². The summed E-state index contributed by atoms with van der Waals surface area (Å²) in [6, 6.07) is 18.1. The number of fused-ring (bicyclic) bond motifs is 1. The first kappa shape index (κ1) is 16.7. The molecule has 130 valence electrons. The molecule has 0 fully saturated rings. The standard InChI is InChI=1S/C20H18ClN5/c1-22-12-13-8-10-15(11-9-13)18-16-17(21)19(14-6-4-3-5-7-14)23-24-20(16)26(2)25-18/h3-11,22H,12H2,1-2H3. The van der Waals surface area contributed by atoms with E-state index in [0.717, 1.165) is 28.8 Å². The van der Waals surface area contributed by atoms with E-state index in [1.165, 1.54) is 5.56 Å². The monoisotopic (exact) mass is 363 g/mol. The molecule has 0 atom stereocenters. The second-order valence-corrected chi connectivity index (χ2v) is 6.50. The lowest BCUT2D eigenvalue weighted by Crippen LogP contribution is -2.04. The van der Waals surface area contributed by atoms with Gasteiger partial charge < -0.3 is 5.32 Å². The van der Waals surface area contributed by atoms with Crippen molar-refractivity contribution in [2.24, 2.45) is 7.05 Å². The summed E-state index contributed by atoms with van der Waals surface area (Å²) in [6.45, 7) is 0.827. The minimum atomic E-state index is 0.573. The van der Waals surface area contributed by atoms with E-state index in [0.29, 0.717) is 16.4 Å². The summed E-state index contributed by atoms with van der Waals surface area (Å²) in [5.41, 5.74) is 5.31. The highest BCUT2D eigenvalue weighted by Crippen LogP contribution is 2.36. The molecule has 0 aliphatic rings.